The van der Waals surface area contributed by atoms with Gasteiger partial charge in [0.1, 0.15) is 11.9 Å². The van der Waals surface area contributed by atoms with E-state index in [-0.39, 0.29) is 12.5 Å². The minimum absolute atomic E-state index is 0.167. The molecule has 1 saturated carbocycles. The minimum Gasteiger partial charge on any atom is -0.493 e. The van der Waals surface area contributed by atoms with Crippen LogP contribution in [0.3, 0.4) is 0 Å². The molecule has 0 N–H and O–H groups in total. The van der Waals surface area contributed by atoms with Crippen molar-refractivity contribution in [3.8, 4) is 17.1 Å². The summed E-state index contributed by atoms with van der Waals surface area (Å²) >= 11 is 0. The van der Waals surface area contributed by atoms with Crippen LogP contribution in [0.2, 0.25) is 0 Å². The van der Waals surface area contributed by atoms with Crippen LogP contribution in [-0.4, -0.2) is 34.8 Å². The van der Waals surface area contributed by atoms with Crippen molar-refractivity contribution in [1.29, 1.82) is 0 Å². The van der Waals surface area contributed by atoms with Gasteiger partial charge in [0.2, 0.25) is 0 Å². The van der Waals surface area contributed by atoms with Gasteiger partial charge in [0.05, 0.1) is 6.61 Å². The zero-order valence-corrected chi connectivity index (χ0v) is 24.2. The lowest BCUT2D eigenvalue weighted by molar-refractivity contribution is -0.157. The number of carbonyl (C=O) groups excluding carboxylic acids is 1. The van der Waals surface area contributed by atoms with Gasteiger partial charge in [-0.1, -0.05) is 65.2 Å². The van der Waals surface area contributed by atoms with Crippen molar-refractivity contribution in [3.63, 3.8) is 0 Å². The molecule has 1 aromatic heterocycles. The summed E-state index contributed by atoms with van der Waals surface area (Å²) in [6.07, 6.45) is 18.8. The van der Waals surface area contributed by atoms with Crippen LogP contribution in [0.15, 0.2) is 36.7 Å². The molecule has 6 heteroatoms. The maximum Gasteiger partial charge on any atom is 0.340 e. The number of ether oxygens (including phenoxy) is 2. The number of rotatable bonds is 18. The van der Waals surface area contributed by atoms with Gasteiger partial charge in [-0.25, -0.2) is 19.2 Å². The summed E-state index contributed by atoms with van der Waals surface area (Å²) in [4.78, 5) is 21.2. The van der Waals surface area contributed by atoms with Crippen LogP contribution < -0.4 is 4.74 Å². The number of alkyl halides is 1. The predicted molar refractivity (Wildman–Crippen MR) is 156 cm³/mol. The number of benzene rings is 1. The molecule has 1 unspecified atom stereocenters. The lowest BCUT2D eigenvalue weighted by Crippen LogP contribution is -2.30. The standard InChI is InChI=1S/C33H49FN2O3/c1-3-5-7-8-9-10-12-13-27-23-35-32(36-24-27)28-17-21-29(22-18-28)38-25-26-15-19-30(20-16-26)39-33(37)31(34)14-11-6-4-2/h17-18,21-24,26,30-31H,3-16,19-20,25H2,1-2H3. The highest BCUT2D eigenvalue weighted by Crippen LogP contribution is 2.28. The smallest absolute Gasteiger partial charge is 0.340 e. The quantitative estimate of drug-likeness (QED) is 0.140. The van der Waals surface area contributed by atoms with Crippen molar-refractivity contribution in [1.82, 2.24) is 9.97 Å². The Morgan fingerprint density at radius 3 is 2.15 bits per heavy atom. The number of carbonyl (C=O) groups is 1. The molecule has 0 saturated heterocycles. The summed E-state index contributed by atoms with van der Waals surface area (Å²) in [6.45, 7) is 4.95. The van der Waals surface area contributed by atoms with E-state index in [1.54, 1.807) is 0 Å². The summed E-state index contributed by atoms with van der Waals surface area (Å²) in [7, 11) is 0. The van der Waals surface area contributed by atoms with Gasteiger partial charge in [0, 0.05) is 18.0 Å². The largest absolute Gasteiger partial charge is 0.493 e. The fraction of sp³-hybridized carbons (Fsp3) is 0.667. The Balaban J connectivity index is 1.32. The van der Waals surface area contributed by atoms with Crippen LogP contribution in [0.4, 0.5) is 4.39 Å². The van der Waals surface area contributed by atoms with E-state index in [1.165, 1.54) is 50.5 Å². The average Bonchev–Trinajstić information content (AvgIpc) is 2.97. The third-order valence-corrected chi connectivity index (χ3v) is 7.77. The second-order valence-electron chi connectivity index (χ2n) is 11.2. The fourth-order valence-corrected chi connectivity index (χ4v) is 5.18. The first-order chi connectivity index (χ1) is 19.1. The van der Waals surface area contributed by atoms with E-state index in [0.29, 0.717) is 12.5 Å². The molecule has 1 aliphatic rings. The molecule has 1 aromatic carbocycles. The number of nitrogens with zero attached hydrogens (tertiary/aromatic N) is 2. The van der Waals surface area contributed by atoms with Crippen LogP contribution in [-0.2, 0) is 16.0 Å². The summed E-state index contributed by atoms with van der Waals surface area (Å²) in [6, 6.07) is 7.95. The third kappa shape index (κ3) is 11.6. The van der Waals surface area contributed by atoms with Gasteiger partial charge in [0.25, 0.3) is 0 Å². The molecule has 1 aliphatic carbocycles. The second-order valence-corrected chi connectivity index (χ2v) is 11.2. The van der Waals surface area contributed by atoms with Crippen LogP contribution in [0.25, 0.3) is 11.4 Å². The van der Waals surface area contributed by atoms with Crippen LogP contribution in [0.5, 0.6) is 5.75 Å². The van der Waals surface area contributed by atoms with Gasteiger partial charge < -0.3 is 9.47 Å². The molecular weight excluding hydrogens is 491 g/mol. The van der Waals surface area contributed by atoms with E-state index in [9.17, 15) is 9.18 Å². The van der Waals surface area contributed by atoms with Crippen LogP contribution >= 0.6 is 0 Å². The highest BCUT2D eigenvalue weighted by molar-refractivity contribution is 5.74. The Morgan fingerprint density at radius 2 is 1.49 bits per heavy atom. The molecule has 0 radical (unpaired) electrons. The van der Waals surface area contributed by atoms with E-state index in [4.69, 9.17) is 9.47 Å². The Labute approximate surface area is 235 Å². The minimum atomic E-state index is -1.49. The summed E-state index contributed by atoms with van der Waals surface area (Å²) in [5, 5.41) is 0. The highest BCUT2D eigenvalue weighted by atomic mass is 19.1. The monoisotopic (exact) mass is 540 g/mol. The Bertz CT molecular complexity index is 927. The molecule has 0 spiro atoms. The number of aromatic nitrogens is 2. The van der Waals surface area contributed by atoms with Crippen molar-refractivity contribution >= 4 is 5.97 Å². The summed E-state index contributed by atoms with van der Waals surface area (Å²) < 4.78 is 25.5. The molecule has 1 fully saturated rings. The van der Waals surface area contributed by atoms with Crippen molar-refractivity contribution in [2.45, 2.75) is 129 Å². The lowest BCUT2D eigenvalue weighted by Gasteiger charge is -2.28. The average molecular weight is 541 g/mol. The molecule has 2 aromatic rings. The topological polar surface area (TPSA) is 61.3 Å². The van der Waals surface area contributed by atoms with Crippen LogP contribution in [0, 0.1) is 5.92 Å². The molecule has 0 amide bonds. The Hall–Kier alpha value is -2.50. The number of hydrogen-bond acceptors (Lipinski definition) is 5. The van der Waals surface area contributed by atoms with Crippen molar-refractivity contribution in [3.05, 3.63) is 42.2 Å². The molecule has 216 valence electrons. The SMILES string of the molecule is CCCCCCCCCc1cnc(-c2ccc(OCC3CCC(OC(=O)C(F)CCCCC)CC3)cc2)nc1. The van der Waals surface area contributed by atoms with E-state index in [2.05, 4.69) is 23.8 Å². The number of unbranched alkanes of at least 4 members (excludes halogenated alkanes) is 8. The zero-order chi connectivity index (χ0) is 27.7. The number of hydrogen-bond donors (Lipinski definition) is 0. The number of aryl methyl sites for hydroxylation is 1. The highest BCUT2D eigenvalue weighted by Gasteiger charge is 2.27. The van der Waals surface area contributed by atoms with Crippen molar-refractivity contribution < 1.29 is 18.7 Å². The first-order valence-electron chi connectivity index (χ1n) is 15.5. The first kappa shape index (κ1) is 31.0. The molecule has 3 rings (SSSR count). The van der Waals surface area contributed by atoms with Gasteiger partial charge in [-0.2, -0.15) is 0 Å². The Kier molecular flexibility index (Phi) is 14.3. The van der Waals surface area contributed by atoms with E-state index >= 15 is 0 Å². The second kappa shape index (κ2) is 18.0. The molecule has 5 nitrogen and oxygen atoms in total. The van der Waals surface area contributed by atoms with E-state index < -0.39 is 12.1 Å². The molecular formula is C33H49FN2O3. The normalized spacial score (nSPS) is 18.0. The van der Waals surface area contributed by atoms with E-state index in [0.717, 1.165) is 68.5 Å². The lowest BCUT2D eigenvalue weighted by atomic mass is 9.88. The number of halogens is 1. The van der Waals surface area contributed by atoms with E-state index in [1.807, 2.05) is 36.7 Å². The maximum atomic E-state index is 14.0. The summed E-state index contributed by atoms with van der Waals surface area (Å²) in [5.41, 5.74) is 2.18. The number of esters is 1. The molecule has 0 aliphatic heterocycles. The fourth-order valence-electron chi connectivity index (χ4n) is 5.18. The van der Waals surface area contributed by atoms with Crippen molar-refractivity contribution in [2.24, 2.45) is 5.92 Å². The summed E-state index contributed by atoms with van der Waals surface area (Å²) in [5.74, 6) is 1.30. The van der Waals surface area contributed by atoms with Crippen molar-refractivity contribution in [2.75, 3.05) is 6.61 Å². The van der Waals surface area contributed by atoms with Gasteiger partial charge in [0.15, 0.2) is 12.0 Å². The zero-order valence-electron chi connectivity index (χ0n) is 24.2. The molecule has 1 heterocycles. The van der Waals surface area contributed by atoms with Gasteiger partial charge in [-0.05, 0) is 87.1 Å². The van der Waals surface area contributed by atoms with Gasteiger partial charge in [-0.3, -0.25) is 0 Å². The maximum absolute atomic E-state index is 14.0. The van der Waals surface area contributed by atoms with Crippen LogP contribution in [0.1, 0.15) is 116 Å². The molecule has 1 atom stereocenters. The predicted octanol–water partition coefficient (Wildman–Crippen LogP) is 8.84. The Morgan fingerprint density at radius 1 is 0.872 bits per heavy atom. The first-order valence-corrected chi connectivity index (χ1v) is 15.5. The van der Waals surface area contributed by atoms with Gasteiger partial charge in [-0.15, -0.1) is 0 Å². The third-order valence-electron chi connectivity index (χ3n) is 7.77. The molecule has 0 bridgehead atoms. The molecule has 39 heavy (non-hydrogen) atoms. The van der Waals surface area contributed by atoms with Gasteiger partial charge >= 0.3 is 5.97 Å².